The van der Waals surface area contributed by atoms with Crippen molar-refractivity contribution in [3.63, 3.8) is 0 Å². The summed E-state index contributed by atoms with van der Waals surface area (Å²) >= 11 is 1.47. The van der Waals surface area contributed by atoms with Crippen LogP contribution in [0.3, 0.4) is 0 Å². The molecule has 1 aliphatic heterocycles. The fourth-order valence-corrected chi connectivity index (χ4v) is 5.11. The van der Waals surface area contributed by atoms with E-state index in [0.717, 1.165) is 30.6 Å². The summed E-state index contributed by atoms with van der Waals surface area (Å²) in [6.45, 7) is 0. The van der Waals surface area contributed by atoms with E-state index in [1.165, 1.54) is 25.6 Å². The molecule has 1 saturated heterocycles. The highest BCUT2D eigenvalue weighted by atomic mass is 32.1. The lowest BCUT2D eigenvalue weighted by atomic mass is 9.98. The van der Waals surface area contributed by atoms with Gasteiger partial charge in [-0.3, -0.25) is 9.59 Å². The van der Waals surface area contributed by atoms with Gasteiger partial charge in [-0.1, -0.05) is 18.9 Å². The number of thiophene rings is 1. The van der Waals surface area contributed by atoms with Gasteiger partial charge in [-0.15, -0.1) is 11.3 Å². The Labute approximate surface area is 173 Å². The van der Waals surface area contributed by atoms with E-state index in [2.05, 4.69) is 0 Å². The maximum Gasteiger partial charge on any atom is 0.295 e. The molecule has 2 heterocycles. The number of nitrogens with zero attached hydrogens (tertiary/aromatic N) is 1. The topological polar surface area (TPSA) is 76.1 Å². The van der Waals surface area contributed by atoms with Gasteiger partial charge in [-0.2, -0.15) is 0 Å². The first-order valence-electron chi connectivity index (χ1n) is 9.62. The SMILES string of the molecule is COc1ccc(OC)c(/C(O)=C2/C(=O)C(=O)N(C3CCCC3)C2c2cccs2)c1. The third kappa shape index (κ3) is 3.29. The van der Waals surface area contributed by atoms with Crippen molar-refractivity contribution in [1.29, 1.82) is 0 Å². The fraction of sp³-hybridized carbons (Fsp3) is 0.364. The zero-order valence-electron chi connectivity index (χ0n) is 16.4. The van der Waals surface area contributed by atoms with Crippen molar-refractivity contribution >= 4 is 28.8 Å². The first-order valence-corrected chi connectivity index (χ1v) is 10.5. The molecule has 1 aliphatic carbocycles. The Morgan fingerprint density at radius 2 is 1.90 bits per heavy atom. The van der Waals surface area contributed by atoms with Gasteiger partial charge in [0.1, 0.15) is 17.3 Å². The average molecular weight is 413 g/mol. The molecule has 2 aromatic rings. The van der Waals surface area contributed by atoms with Gasteiger partial charge in [0.2, 0.25) is 0 Å². The van der Waals surface area contributed by atoms with Crippen LogP contribution in [-0.4, -0.2) is 42.0 Å². The first kappa shape index (κ1) is 19.5. The number of amides is 1. The van der Waals surface area contributed by atoms with Gasteiger partial charge in [-0.05, 0) is 42.5 Å². The molecule has 0 radical (unpaired) electrons. The van der Waals surface area contributed by atoms with Crippen molar-refractivity contribution < 1.29 is 24.2 Å². The van der Waals surface area contributed by atoms with Crippen LogP contribution in [0.25, 0.3) is 5.76 Å². The monoisotopic (exact) mass is 413 g/mol. The van der Waals surface area contributed by atoms with Crippen LogP contribution in [0.4, 0.5) is 0 Å². The zero-order valence-corrected chi connectivity index (χ0v) is 17.2. The number of hydrogen-bond donors (Lipinski definition) is 1. The lowest BCUT2D eigenvalue weighted by Gasteiger charge is -2.29. The molecule has 29 heavy (non-hydrogen) atoms. The van der Waals surface area contributed by atoms with E-state index in [9.17, 15) is 14.7 Å². The number of aliphatic hydroxyl groups excluding tert-OH is 1. The highest BCUT2D eigenvalue weighted by Gasteiger charge is 2.49. The fourth-order valence-electron chi connectivity index (χ4n) is 4.28. The number of carbonyl (C=O) groups excluding carboxylic acids is 2. The van der Waals surface area contributed by atoms with Crippen LogP contribution in [-0.2, 0) is 9.59 Å². The lowest BCUT2D eigenvalue weighted by molar-refractivity contribution is -0.141. The van der Waals surface area contributed by atoms with Crippen LogP contribution in [0.5, 0.6) is 11.5 Å². The Kier molecular flexibility index (Phi) is 5.32. The number of benzene rings is 1. The molecule has 2 fully saturated rings. The van der Waals surface area contributed by atoms with Gasteiger partial charge in [-0.25, -0.2) is 0 Å². The van der Waals surface area contributed by atoms with Gasteiger partial charge in [0.05, 0.1) is 31.4 Å². The zero-order chi connectivity index (χ0) is 20.5. The van der Waals surface area contributed by atoms with Gasteiger partial charge in [0.25, 0.3) is 11.7 Å². The van der Waals surface area contributed by atoms with Crippen LogP contribution in [0.1, 0.15) is 42.2 Å². The van der Waals surface area contributed by atoms with Crippen molar-refractivity contribution in [2.45, 2.75) is 37.8 Å². The van der Waals surface area contributed by atoms with Crippen LogP contribution in [0, 0.1) is 0 Å². The number of methoxy groups -OCH3 is 2. The number of ether oxygens (including phenoxy) is 2. The quantitative estimate of drug-likeness (QED) is 0.453. The van der Waals surface area contributed by atoms with Gasteiger partial charge in [0.15, 0.2) is 0 Å². The van der Waals surface area contributed by atoms with E-state index >= 15 is 0 Å². The van der Waals surface area contributed by atoms with Gasteiger partial charge >= 0.3 is 0 Å². The molecule has 6 nitrogen and oxygen atoms in total. The minimum Gasteiger partial charge on any atom is -0.507 e. The van der Waals surface area contributed by atoms with E-state index in [0.29, 0.717) is 17.1 Å². The molecule has 0 bridgehead atoms. The highest BCUT2D eigenvalue weighted by molar-refractivity contribution is 7.10. The molecular weight excluding hydrogens is 390 g/mol. The molecule has 1 N–H and O–H groups in total. The predicted molar refractivity (Wildman–Crippen MR) is 110 cm³/mol. The lowest BCUT2D eigenvalue weighted by Crippen LogP contribution is -2.37. The van der Waals surface area contributed by atoms with Crippen molar-refractivity contribution in [3.05, 3.63) is 51.7 Å². The van der Waals surface area contributed by atoms with E-state index in [1.807, 2.05) is 17.5 Å². The highest BCUT2D eigenvalue weighted by Crippen LogP contribution is 2.45. The Bertz CT molecular complexity index is 960. The number of ketones is 1. The normalized spacial score (nSPS) is 21.7. The first-order chi connectivity index (χ1) is 14.1. The van der Waals surface area contributed by atoms with Crippen LogP contribution >= 0.6 is 11.3 Å². The molecule has 2 aliphatic rings. The minimum absolute atomic E-state index is 0.0102. The summed E-state index contributed by atoms with van der Waals surface area (Å²) in [5.41, 5.74) is 0.439. The standard InChI is InChI=1S/C22H23NO5S/c1-27-14-9-10-16(28-2)15(12-14)20(24)18-19(17-8-5-11-29-17)23(22(26)21(18)25)13-6-3-4-7-13/h5,8-13,19,24H,3-4,6-7H2,1-2H3/b20-18-. The van der Waals surface area contributed by atoms with Crippen LogP contribution in [0.15, 0.2) is 41.3 Å². The number of aliphatic hydroxyl groups is 1. The minimum atomic E-state index is -0.655. The number of carbonyl (C=O) groups is 2. The van der Waals surface area contributed by atoms with E-state index in [1.54, 1.807) is 23.1 Å². The molecule has 1 aromatic carbocycles. The predicted octanol–water partition coefficient (Wildman–Crippen LogP) is 4.13. The second-order valence-electron chi connectivity index (χ2n) is 7.23. The third-order valence-electron chi connectivity index (χ3n) is 5.67. The second kappa shape index (κ2) is 7.91. The van der Waals surface area contributed by atoms with Crippen molar-refractivity contribution in [2.75, 3.05) is 14.2 Å². The summed E-state index contributed by atoms with van der Waals surface area (Å²) in [5, 5.41) is 13.1. The maximum absolute atomic E-state index is 13.1. The third-order valence-corrected chi connectivity index (χ3v) is 6.60. The molecule has 1 amide bonds. The average Bonchev–Trinajstić information content (AvgIpc) is 3.49. The summed E-state index contributed by atoms with van der Waals surface area (Å²) in [6.07, 6.45) is 3.82. The Hall–Kier alpha value is -2.80. The van der Waals surface area contributed by atoms with E-state index in [4.69, 9.17) is 9.47 Å². The second-order valence-corrected chi connectivity index (χ2v) is 8.21. The van der Waals surface area contributed by atoms with Crippen LogP contribution < -0.4 is 9.47 Å². The summed E-state index contributed by atoms with van der Waals surface area (Å²) in [5.74, 6) is -0.514. The van der Waals surface area contributed by atoms with E-state index < -0.39 is 17.7 Å². The van der Waals surface area contributed by atoms with Crippen LogP contribution in [0.2, 0.25) is 0 Å². The molecule has 1 saturated carbocycles. The Morgan fingerprint density at radius 3 is 2.52 bits per heavy atom. The van der Waals surface area contributed by atoms with Crippen molar-refractivity contribution in [3.8, 4) is 11.5 Å². The number of likely N-dealkylation sites (tertiary alicyclic amines) is 1. The summed E-state index contributed by atoms with van der Waals surface area (Å²) in [4.78, 5) is 28.6. The Balaban J connectivity index is 1.90. The molecule has 0 spiro atoms. The number of Topliss-reactive ketones (excluding diaryl/α,β-unsaturated/α-hetero) is 1. The van der Waals surface area contributed by atoms with E-state index in [-0.39, 0.29) is 17.4 Å². The summed E-state index contributed by atoms with van der Waals surface area (Å²) in [7, 11) is 3.02. The summed E-state index contributed by atoms with van der Waals surface area (Å²) in [6, 6.07) is 8.21. The van der Waals surface area contributed by atoms with Crippen molar-refractivity contribution in [2.24, 2.45) is 0 Å². The smallest absolute Gasteiger partial charge is 0.295 e. The largest absolute Gasteiger partial charge is 0.507 e. The molecular formula is C22H23NO5S. The Morgan fingerprint density at radius 1 is 1.14 bits per heavy atom. The number of rotatable bonds is 5. The van der Waals surface area contributed by atoms with Gasteiger partial charge in [0, 0.05) is 10.9 Å². The summed E-state index contributed by atoms with van der Waals surface area (Å²) < 4.78 is 10.7. The molecule has 1 unspecified atom stereocenters. The molecule has 152 valence electrons. The molecule has 1 atom stereocenters. The molecule has 1 aromatic heterocycles. The molecule has 4 rings (SSSR count). The maximum atomic E-state index is 13.1. The van der Waals surface area contributed by atoms with Gasteiger partial charge < -0.3 is 19.5 Å². The number of hydrogen-bond acceptors (Lipinski definition) is 6. The van der Waals surface area contributed by atoms with Crippen molar-refractivity contribution in [1.82, 2.24) is 4.90 Å². The molecule has 7 heteroatoms.